The van der Waals surface area contributed by atoms with Crippen LogP contribution in [0.25, 0.3) is 0 Å². The van der Waals surface area contributed by atoms with E-state index in [1.54, 1.807) is 12.1 Å². The lowest BCUT2D eigenvalue weighted by molar-refractivity contribution is 0.215. The van der Waals surface area contributed by atoms with Crippen LogP contribution in [0.3, 0.4) is 0 Å². The van der Waals surface area contributed by atoms with Crippen LogP contribution in [0.2, 0.25) is 0 Å². The molecule has 1 amide bonds. The third-order valence-corrected chi connectivity index (χ3v) is 2.78. The molecule has 1 N–H and O–H groups in total. The molecule has 0 bridgehead atoms. The van der Waals surface area contributed by atoms with Gasteiger partial charge in [0.15, 0.2) is 0 Å². The minimum absolute atomic E-state index is 0.477. The molecule has 0 atom stereocenters. The Morgan fingerprint density at radius 3 is 2.21 bits per heavy atom. The Morgan fingerprint density at radius 2 is 1.63 bits per heavy atom. The summed E-state index contributed by atoms with van der Waals surface area (Å²) in [6, 6.07) is 16.7. The Balaban J connectivity index is 1.95. The smallest absolute Gasteiger partial charge is 0.410 e. The fraction of sp³-hybridized carbons (Fsp3) is 0.188. The van der Waals surface area contributed by atoms with E-state index in [2.05, 4.69) is 19.2 Å². The van der Waals surface area contributed by atoms with Gasteiger partial charge < -0.3 is 4.74 Å². The van der Waals surface area contributed by atoms with Gasteiger partial charge in [-0.1, -0.05) is 44.2 Å². The van der Waals surface area contributed by atoms with Crippen LogP contribution in [0.5, 0.6) is 5.75 Å². The molecule has 2 rings (SSSR count). The zero-order chi connectivity index (χ0) is 13.7. The first kappa shape index (κ1) is 13.1. The highest BCUT2D eigenvalue weighted by Crippen LogP contribution is 2.17. The first-order chi connectivity index (χ1) is 9.15. The molecule has 0 fully saturated rings. The van der Waals surface area contributed by atoms with Crippen molar-refractivity contribution in [2.75, 3.05) is 5.32 Å². The van der Waals surface area contributed by atoms with Crippen molar-refractivity contribution in [1.29, 1.82) is 0 Å². The van der Waals surface area contributed by atoms with Crippen LogP contribution < -0.4 is 10.1 Å². The predicted octanol–water partition coefficient (Wildman–Crippen LogP) is 4.42. The average molecular weight is 255 g/mol. The van der Waals surface area contributed by atoms with E-state index in [-0.39, 0.29) is 0 Å². The van der Waals surface area contributed by atoms with Crippen molar-refractivity contribution in [3.05, 3.63) is 60.2 Å². The molecule has 0 aliphatic carbocycles. The first-order valence-corrected chi connectivity index (χ1v) is 6.29. The summed E-state index contributed by atoms with van der Waals surface area (Å²) >= 11 is 0. The largest absolute Gasteiger partial charge is 0.417 e. The molecule has 0 heterocycles. The van der Waals surface area contributed by atoms with Gasteiger partial charge in [0.2, 0.25) is 0 Å². The molecule has 0 aliphatic rings. The number of carbonyl (C=O) groups excluding carboxylic acids is 1. The highest BCUT2D eigenvalue weighted by molar-refractivity contribution is 5.86. The summed E-state index contributed by atoms with van der Waals surface area (Å²) in [5, 5.41) is 2.70. The third kappa shape index (κ3) is 3.85. The molecule has 2 aromatic rings. The average Bonchev–Trinajstić information content (AvgIpc) is 2.40. The van der Waals surface area contributed by atoms with E-state index < -0.39 is 6.09 Å². The van der Waals surface area contributed by atoms with Crippen molar-refractivity contribution < 1.29 is 9.53 Å². The molecule has 0 aromatic heterocycles. The summed E-state index contributed by atoms with van der Waals surface area (Å²) < 4.78 is 5.15. The maximum Gasteiger partial charge on any atom is 0.417 e. The number of hydrogen-bond donors (Lipinski definition) is 1. The van der Waals surface area contributed by atoms with Crippen LogP contribution in [-0.2, 0) is 0 Å². The molecule has 0 spiro atoms. The molecule has 19 heavy (non-hydrogen) atoms. The Morgan fingerprint density at radius 1 is 1.00 bits per heavy atom. The van der Waals surface area contributed by atoms with E-state index in [1.807, 2.05) is 42.5 Å². The number of hydrogen-bond acceptors (Lipinski definition) is 2. The zero-order valence-corrected chi connectivity index (χ0v) is 11.1. The van der Waals surface area contributed by atoms with Gasteiger partial charge in [-0.25, -0.2) is 4.79 Å². The van der Waals surface area contributed by atoms with Gasteiger partial charge in [0.25, 0.3) is 0 Å². The van der Waals surface area contributed by atoms with Gasteiger partial charge in [0.05, 0.1) is 0 Å². The van der Waals surface area contributed by atoms with Gasteiger partial charge in [0, 0.05) is 5.69 Å². The number of nitrogens with one attached hydrogen (secondary N) is 1. The molecular formula is C16H17NO2. The standard InChI is InChI=1S/C16H17NO2/c1-12(2)13-8-10-14(11-9-13)17-16(18)19-15-6-4-3-5-7-15/h3-12H,1-2H3,(H,17,18). The Bertz CT molecular complexity index is 532. The summed E-state index contributed by atoms with van der Waals surface area (Å²) in [5.41, 5.74) is 1.97. The number of para-hydroxylation sites is 1. The van der Waals surface area contributed by atoms with Crippen molar-refractivity contribution >= 4 is 11.8 Å². The summed E-state index contributed by atoms with van der Waals surface area (Å²) in [6.07, 6.45) is -0.483. The van der Waals surface area contributed by atoms with Crippen LogP contribution in [0.15, 0.2) is 54.6 Å². The Hall–Kier alpha value is -2.29. The van der Waals surface area contributed by atoms with Gasteiger partial charge in [0.1, 0.15) is 5.75 Å². The number of amides is 1. The summed E-state index contributed by atoms with van der Waals surface area (Å²) in [7, 11) is 0. The van der Waals surface area contributed by atoms with Gasteiger partial charge in [-0.15, -0.1) is 0 Å². The van der Waals surface area contributed by atoms with Crippen molar-refractivity contribution in [1.82, 2.24) is 0 Å². The quantitative estimate of drug-likeness (QED) is 0.881. The highest BCUT2D eigenvalue weighted by atomic mass is 16.6. The van der Waals surface area contributed by atoms with Crippen molar-refractivity contribution in [3.63, 3.8) is 0 Å². The molecule has 0 aliphatic heterocycles. The topological polar surface area (TPSA) is 38.3 Å². The zero-order valence-electron chi connectivity index (χ0n) is 11.1. The second kappa shape index (κ2) is 6.05. The lowest BCUT2D eigenvalue weighted by atomic mass is 10.0. The number of benzene rings is 2. The number of carbonyl (C=O) groups is 1. The van der Waals surface area contributed by atoms with Gasteiger partial charge in [-0.05, 0) is 35.7 Å². The number of ether oxygens (including phenoxy) is 1. The van der Waals surface area contributed by atoms with Crippen LogP contribution >= 0.6 is 0 Å². The maximum absolute atomic E-state index is 11.7. The molecule has 3 nitrogen and oxygen atoms in total. The second-order valence-electron chi connectivity index (χ2n) is 4.60. The molecular weight excluding hydrogens is 238 g/mol. The van der Waals surface area contributed by atoms with Crippen molar-refractivity contribution in [3.8, 4) is 5.75 Å². The monoisotopic (exact) mass is 255 g/mol. The van der Waals surface area contributed by atoms with E-state index in [4.69, 9.17) is 4.74 Å². The minimum atomic E-state index is -0.483. The molecule has 98 valence electrons. The normalized spacial score (nSPS) is 10.3. The minimum Gasteiger partial charge on any atom is -0.410 e. The van der Waals surface area contributed by atoms with Crippen LogP contribution in [0.1, 0.15) is 25.3 Å². The molecule has 2 aromatic carbocycles. The van der Waals surface area contributed by atoms with Gasteiger partial charge in [-0.3, -0.25) is 5.32 Å². The fourth-order valence-corrected chi connectivity index (χ4v) is 1.69. The van der Waals surface area contributed by atoms with Crippen LogP contribution in [-0.4, -0.2) is 6.09 Å². The lowest BCUT2D eigenvalue weighted by Gasteiger charge is -2.08. The Kier molecular flexibility index (Phi) is 4.18. The van der Waals surface area contributed by atoms with E-state index in [9.17, 15) is 4.79 Å². The van der Waals surface area contributed by atoms with E-state index >= 15 is 0 Å². The number of anilines is 1. The lowest BCUT2D eigenvalue weighted by Crippen LogP contribution is -2.16. The molecule has 0 unspecified atom stereocenters. The molecule has 0 saturated carbocycles. The second-order valence-corrected chi connectivity index (χ2v) is 4.60. The fourth-order valence-electron chi connectivity index (χ4n) is 1.69. The van der Waals surface area contributed by atoms with Crippen molar-refractivity contribution in [2.45, 2.75) is 19.8 Å². The summed E-state index contributed by atoms with van der Waals surface area (Å²) in [5.74, 6) is 1.00. The van der Waals surface area contributed by atoms with E-state index in [1.165, 1.54) is 5.56 Å². The predicted molar refractivity (Wildman–Crippen MR) is 76.6 cm³/mol. The molecule has 0 radical (unpaired) electrons. The van der Waals surface area contributed by atoms with Gasteiger partial charge >= 0.3 is 6.09 Å². The third-order valence-electron chi connectivity index (χ3n) is 2.78. The van der Waals surface area contributed by atoms with Crippen LogP contribution in [0.4, 0.5) is 10.5 Å². The maximum atomic E-state index is 11.7. The highest BCUT2D eigenvalue weighted by Gasteiger charge is 2.05. The Labute approximate surface area is 113 Å². The molecule has 0 saturated heterocycles. The van der Waals surface area contributed by atoms with Crippen LogP contribution in [0, 0.1) is 0 Å². The molecule has 3 heteroatoms. The number of rotatable bonds is 3. The summed E-state index contributed by atoms with van der Waals surface area (Å²) in [6.45, 7) is 4.26. The van der Waals surface area contributed by atoms with Crippen molar-refractivity contribution in [2.24, 2.45) is 0 Å². The first-order valence-electron chi connectivity index (χ1n) is 6.29. The van der Waals surface area contributed by atoms with E-state index in [0.717, 1.165) is 5.69 Å². The summed E-state index contributed by atoms with van der Waals surface area (Å²) in [4.78, 5) is 11.7. The van der Waals surface area contributed by atoms with Gasteiger partial charge in [-0.2, -0.15) is 0 Å². The van der Waals surface area contributed by atoms with E-state index in [0.29, 0.717) is 11.7 Å². The SMILES string of the molecule is CC(C)c1ccc(NC(=O)Oc2ccccc2)cc1.